The highest BCUT2D eigenvalue weighted by atomic mass is 16.5. The number of benzene rings is 1. The number of ether oxygens (including phenoxy) is 2. The second-order valence-electron chi connectivity index (χ2n) is 6.31. The number of rotatable bonds is 8. The van der Waals surface area contributed by atoms with Crippen LogP contribution < -0.4 is 14.8 Å². The molecule has 0 unspecified atom stereocenters. The van der Waals surface area contributed by atoms with Gasteiger partial charge in [0, 0.05) is 23.9 Å². The molecule has 0 aliphatic rings. The number of nitrogens with one attached hydrogen (secondary N) is 1. The van der Waals surface area contributed by atoms with Crippen LogP contribution in [0.15, 0.2) is 24.5 Å². The van der Waals surface area contributed by atoms with E-state index in [9.17, 15) is 4.79 Å². The Labute approximate surface area is 163 Å². The molecule has 28 heavy (non-hydrogen) atoms. The van der Waals surface area contributed by atoms with Gasteiger partial charge in [0.1, 0.15) is 17.8 Å². The Morgan fingerprint density at radius 1 is 1.18 bits per heavy atom. The number of nitrogens with zero attached hydrogens (tertiary/aromatic N) is 4. The Hall–Kier alpha value is -3.16. The van der Waals surface area contributed by atoms with E-state index in [1.165, 1.54) is 6.33 Å². The number of carbonyl (C=O) groups is 1. The first-order valence-electron chi connectivity index (χ1n) is 9.38. The molecule has 1 amide bonds. The molecule has 8 nitrogen and oxygen atoms in total. The standard InChI is InChI=1S/C20H25N5O3/c1-5-27-15-7-9-18(28-6-2)17(11-15)24-19(26)10-8-16-13(3)23-20-21-12-22-25(20)14(16)4/h7,9,11-12H,5-6,8,10H2,1-4H3,(H,24,26). The summed E-state index contributed by atoms with van der Waals surface area (Å²) in [4.78, 5) is 21.2. The molecule has 0 spiro atoms. The molecular formula is C20H25N5O3. The number of hydrogen-bond donors (Lipinski definition) is 1. The molecule has 0 bridgehead atoms. The van der Waals surface area contributed by atoms with E-state index in [1.807, 2.05) is 33.8 Å². The third-order valence-corrected chi connectivity index (χ3v) is 4.43. The maximum Gasteiger partial charge on any atom is 0.252 e. The summed E-state index contributed by atoms with van der Waals surface area (Å²) in [5, 5.41) is 7.12. The van der Waals surface area contributed by atoms with Crippen molar-refractivity contribution in [2.45, 2.75) is 40.5 Å². The zero-order chi connectivity index (χ0) is 20.1. The van der Waals surface area contributed by atoms with Crippen molar-refractivity contribution in [1.82, 2.24) is 19.6 Å². The fraction of sp³-hybridized carbons (Fsp3) is 0.400. The van der Waals surface area contributed by atoms with Crippen LogP contribution in [0, 0.1) is 13.8 Å². The average molecular weight is 383 g/mol. The predicted molar refractivity (Wildman–Crippen MR) is 106 cm³/mol. The lowest BCUT2D eigenvalue weighted by Gasteiger charge is -2.14. The fourth-order valence-corrected chi connectivity index (χ4v) is 3.11. The van der Waals surface area contributed by atoms with Crippen LogP contribution in [-0.4, -0.2) is 38.7 Å². The van der Waals surface area contributed by atoms with Crippen molar-refractivity contribution >= 4 is 17.4 Å². The number of fused-ring (bicyclic) bond motifs is 1. The minimum absolute atomic E-state index is 0.105. The van der Waals surface area contributed by atoms with E-state index in [1.54, 1.807) is 16.6 Å². The van der Waals surface area contributed by atoms with Crippen LogP contribution in [0.1, 0.15) is 37.2 Å². The van der Waals surface area contributed by atoms with Crippen LogP contribution in [0.3, 0.4) is 0 Å². The van der Waals surface area contributed by atoms with Gasteiger partial charge in [-0.05, 0) is 51.8 Å². The molecule has 1 N–H and O–H groups in total. The van der Waals surface area contributed by atoms with Crippen molar-refractivity contribution in [1.29, 1.82) is 0 Å². The number of carbonyl (C=O) groups excluding carboxylic acids is 1. The van der Waals surface area contributed by atoms with Crippen molar-refractivity contribution in [3.8, 4) is 11.5 Å². The van der Waals surface area contributed by atoms with Gasteiger partial charge in [-0.15, -0.1) is 0 Å². The van der Waals surface area contributed by atoms with E-state index in [-0.39, 0.29) is 5.91 Å². The van der Waals surface area contributed by atoms with Crippen LogP contribution >= 0.6 is 0 Å². The van der Waals surface area contributed by atoms with E-state index in [0.717, 1.165) is 17.0 Å². The molecule has 0 aliphatic carbocycles. The molecular weight excluding hydrogens is 358 g/mol. The zero-order valence-electron chi connectivity index (χ0n) is 16.7. The maximum absolute atomic E-state index is 12.6. The van der Waals surface area contributed by atoms with Crippen molar-refractivity contribution in [3.63, 3.8) is 0 Å². The quantitative estimate of drug-likeness (QED) is 0.643. The SMILES string of the molecule is CCOc1ccc(OCC)c(NC(=O)CCc2c(C)nc3ncnn3c2C)c1. The highest BCUT2D eigenvalue weighted by Crippen LogP contribution is 2.29. The van der Waals surface area contributed by atoms with Gasteiger partial charge in [-0.3, -0.25) is 4.79 Å². The van der Waals surface area contributed by atoms with Crippen molar-refractivity contribution in [2.75, 3.05) is 18.5 Å². The summed E-state index contributed by atoms with van der Waals surface area (Å²) in [5.41, 5.74) is 3.41. The summed E-state index contributed by atoms with van der Waals surface area (Å²) >= 11 is 0. The predicted octanol–water partition coefficient (Wildman–Crippen LogP) is 3.11. The lowest BCUT2D eigenvalue weighted by Crippen LogP contribution is -2.15. The second-order valence-corrected chi connectivity index (χ2v) is 6.31. The molecule has 0 saturated carbocycles. The number of amides is 1. The molecule has 1 aromatic carbocycles. The second kappa shape index (κ2) is 8.69. The molecule has 148 valence electrons. The Morgan fingerprint density at radius 3 is 2.71 bits per heavy atom. The van der Waals surface area contributed by atoms with Gasteiger partial charge < -0.3 is 14.8 Å². The molecule has 8 heteroatoms. The van der Waals surface area contributed by atoms with Gasteiger partial charge in [0.15, 0.2) is 0 Å². The summed E-state index contributed by atoms with van der Waals surface area (Å²) in [5.74, 6) is 1.77. The first-order chi connectivity index (χ1) is 13.5. The molecule has 3 aromatic rings. The average Bonchev–Trinajstić information content (AvgIpc) is 3.12. The number of anilines is 1. The van der Waals surface area contributed by atoms with Crippen molar-refractivity contribution < 1.29 is 14.3 Å². The van der Waals surface area contributed by atoms with Gasteiger partial charge >= 0.3 is 0 Å². The Morgan fingerprint density at radius 2 is 1.96 bits per heavy atom. The summed E-state index contributed by atoms with van der Waals surface area (Å²) in [6.45, 7) is 8.77. The summed E-state index contributed by atoms with van der Waals surface area (Å²) in [6, 6.07) is 5.42. The summed E-state index contributed by atoms with van der Waals surface area (Å²) < 4.78 is 12.8. The van der Waals surface area contributed by atoms with Crippen LogP contribution in [0.25, 0.3) is 5.78 Å². The Bertz CT molecular complexity index is 983. The normalized spacial score (nSPS) is 10.9. The largest absolute Gasteiger partial charge is 0.494 e. The topological polar surface area (TPSA) is 90.6 Å². The Balaban J connectivity index is 1.73. The maximum atomic E-state index is 12.6. The minimum Gasteiger partial charge on any atom is -0.494 e. The molecule has 2 heterocycles. The highest BCUT2D eigenvalue weighted by Gasteiger charge is 2.14. The van der Waals surface area contributed by atoms with Crippen LogP contribution in [-0.2, 0) is 11.2 Å². The Kier molecular flexibility index (Phi) is 6.08. The van der Waals surface area contributed by atoms with Crippen molar-refractivity contribution in [2.24, 2.45) is 0 Å². The van der Waals surface area contributed by atoms with Crippen LogP contribution in [0.5, 0.6) is 11.5 Å². The van der Waals surface area contributed by atoms with Gasteiger partial charge in [0.05, 0.1) is 18.9 Å². The third-order valence-electron chi connectivity index (χ3n) is 4.43. The van der Waals surface area contributed by atoms with Gasteiger partial charge in [-0.2, -0.15) is 10.1 Å². The summed E-state index contributed by atoms with van der Waals surface area (Å²) in [6.07, 6.45) is 2.35. The van der Waals surface area contributed by atoms with Gasteiger partial charge in [-0.25, -0.2) is 9.50 Å². The van der Waals surface area contributed by atoms with Crippen LogP contribution in [0.2, 0.25) is 0 Å². The zero-order valence-corrected chi connectivity index (χ0v) is 16.7. The van der Waals surface area contributed by atoms with E-state index in [2.05, 4.69) is 20.4 Å². The number of hydrogen-bond acceptors (Lipinski definition) is 6. The number of aromatic nitrogens is 4. The first-order valence-corrected chi connectivity index (χ1v) is 9.38. The van der Waals surface area contributed by atoms with Crippen LogP contribution in [0.4, 0.5) is 5.69 Å². The van der Waals surface area contributed by atoms with Gasteiger partial charge in [0.2, 0.25) is 5.91 Å². The molecule has 2 aromatic heterocycles. The first kappa shape index (κ1) is 19.6. The molecule has 0 radical (unpaired) electrons. The van der Waals surface area contributed by atoms with Gasteiger partial charge in [0.25, 0.3) is 5.78 Å². The van der Waals surface area contributed by atoms with Gasteiger partial charge in [-0.1, -0.05) is 0 Å². The lowest BCUT2D eigenvalue weighted by atomic mass is 10.1. The van der Waals surface area contributed by atoms with E-state index < -0.39 is 0 Å². The van der Waals surface area contributed by atoms with E-state index in [0.29, 0.717) is 49.0 Å². The minimum atomic E-state index is -0.105. The molecule has 0 saturated heterocycles. The number of aryl methyl sites for hydroxylation is 2. The smallest absolute Gasteiger partial charge is 0.252 e. The third kappa shape index (κ3) is 4.21. The highest BCUT2D eigenvalue weighted by molar-refractivity contribution is 5.92. The monoisotopic (exact) mass is 383 g/mol. The molecule has 0 fully saturated rings. The molecule has 0 atom stereocenters. The van der Waals surface area contributed by atoms with E-state index in [4.69, 9.17) is 9.47 Å². The molecule has 3 rings (SSSR count). The summed E-state index contributed by atoms with van der Waals surface area (Å²) in [7, 11) is 0. The lowest BCUT2D eigenvalue weighted by molar-refractivity contribution is -0.116. The van der Waals surface area contributed by atoms with E-state index >= 15 is 0 Å². The molecule has 0 aliphatic heterocycles. The fourth-order valence-electron chi connectivity index (χ4n) is 3.11. The van der Waals surface area contributed by atoms with Crippen molar-refractivity contribution in [3.05, 3.63) is 41.5 Å².